The van der Waals surface area contributed by atoms with E-state index in [0.717, 1.165) is 0 Å². The fraction of sp³-hybridized carbons (Fsp3) is 0.429. The second-order valence-corrected chi connectivity index (χ2v) is 3.48. The number of carboxylic acid groups (broad SMARTS) is 1. The molecule has 2 N–H and O–H groups in total. The topological polar surface area (TPSA) is 66.4 Å². The molecule has 0 aromatic rings. The van der Waals surface area contributed by atoms with E-state index in [1.54, 1.807) is 6.20 Å². The Hall–Kier alpha value is -0.970. The number of rotatable bonds is 4. The van der Waals surface area contributed by atoms with E-state index in [2.05, 4.69) is 5.32 Å². The normalized spacial score (nSPS) is 23.2. The Kier molecular flexibility index (Phi) is 3.16. The number of carbonyl (C=O) groups is 2. The summed E-state index contributed by atoms with van der Waals surface area (Å²) in [6.07, 6.45) is 2.29. The Labute approximate surface area is 74.0 Å². The molecule has 0 aliphatic carbocycles. The zero-order chi connectivity index (χ0) is 8.97. The van der Waals surface area contributed by atoms with Crippen molar-refractivity contribution in [3.8, 4) is 0 Å². The lowest BCUT2D eigenvalue weighted by atomic mass is 10.1. The first-order valence-corrected chi connectivity index (χ1v) is 4.42. The molecule has 4 nitrogen and oxygen atoms in total. The van der Waals surface area contributed by atoms with Crippen LogP contribution >= 0.6 is 11.8 Å². The van der Waals surface area contributed by atoms with Gasteiger partial charge in [0.15, 0.2) is 0 Å². The van der Waals surface area contributed by atoms with Crippen LogP contribution in [0.15, 0.2) is 11.6 Å². The Morgan fingerprint density at radius 2 is 2.58 bits per heavy atom. The second-order valence-electron chi connectivity index (χ2n) is 2.42. The first-order chi connectivity index (χ1) is 5.74. The fourth-order valence-electron chi connectivity index (χ4n) is 0.950. The van der Waals surface area contributed by atoms with Crippen LogP contribution < -0.4 is 5.32 Å². The van der Waals surface area contributed by atoms with Crippen LogP contribution in [0.5, 0.6) is 0 Å². The summed E-state index contributed by atoms with van der Waals surface area (Å²) in [5.41, 5.74) is 0. The first kappa shape index (κ1) is 9.12. The predicted molar refractivity (Wildman–Crippen MR) is 45.5 cm³/mol. The van der Waals surface area contributed by atoms with Gasteiger partial charge in [0, 0.05) is 6.20 Å². The van der Waals surface area contributed by atoms with Gasteiger partial charge in [0.1, 0.15) is 6.29 Å². The first-order valence-electron chi connectivity index (χ1n) is 3.47. The quantitative estimate of drug-likeness (QED) is 0.624. The van der Waals surface area contributed by atoms with Crippen LogP contribution in [0, 0.1) is 5.92 Å². The summed E-state index contributed by atoms with van der Waals surface area (Å²) in [6, 6.07) is 0. The van der Waals surface area contributed by atoms with Gasteiger partial charge in [0.05, 0.1) is 17.7 Å². The van der Waals surface area contributed by atoms with Gasteiger partial charge in [-0.3, -0.25) is 4.79 Å². The molecule has 12 heavy (non-hydrogen) atoms. The summed E-state index contributed by atoms with van der Waals surface area (Å²) in [7, 11) is 0. The van der Waals surface area contributed by atoms with Crippen molar-refractivity contribution in [3.05, 3.63) is 11.6 Å². The maximum absolute atomic E-state index is 10.5. The molecule has 1 aliphatic heterocycles. The number of aliphatic carboxylic acids is 1. The van der Waals surface area contributed by atoms with E-state index < -0.39 is 11.9 Å². The lowest BCUT2D eigenvalue weighted by Crippen LogP contribution is -2.29. The van der Waals surface area contributed by atoms with Crippen LogP contribution in [0.3, 0.4) is 0 Å². The highest BCUT2D eigenvalue weighted by molar-refractivity contribution is 8.02. The Balaban J connectivity index is 2.44. The van der Waals surface area contributed by atoms with E-state index in [1.807, 2.05) is 5.41 Å². The molecule has 0 saturated heterocycles. The number of carbonyl (C=O) groups excluding carboxylic acids is 1. The van der Waals surface area contributed by atoms with Gasteiger partial charge in [-0.05, 0) is 5.41 Å². The van der Waals surface area contributed by atoms with E-state index in [-0.39, 0.29) is 11.8 Å². The van der Waals surface area contributed by atoms with Gasteiger partial charge < -0.3 is 15.2 Å². The molecule has 5 heteroatoms. The Morgan fingerprint density at radius 3 is 3.00 bits per heavy atom. The Bertz CT molecular complexity index is 209. The molecule has 2 atom stereocenters. The average Bonchev–Trinajstić information content (AvgIpc) is 2.51. The van der Waals surface area contributed by atoms with Crippen LogP contribution in [0.2, 0.25) is 0 Å². The highest BCUT2D eigenvalue weighted by Gasteiger charge is 2.24. The maximum Gasteiger partial charge on any atom is 0.304 e. The van der Waals surface area contributed by atoms with Crippen molar-refractivity contribution >= 4 is 24.0 Å². The fourth-order valence-corrected chi connectivity index (χ4v) is 1.80. The van der Waals surface area contributed by atoms with Crippen LogP contribution in [0.4, 0.5) is 0 Å². The molecule has 0 spiro atoms. The minimum Gasteiger partial charge on any atom is -0.481 e. The zero-order valence-electron chi connectivity index (χ0n) is 6.27. The molecule has 0 fully saturated rings. The van der Waals surface area contributed by atoms with Gasteiger partial charge in [-0.1, -0.05) is 0 Å². The molecule has 66 valence electrons. The summed E-state index contributed by atoms with van der Waals surface area (Å²) >= 11 is 1.43. The lowest BCUT2D eigenvalue weighted by molar-refractivity contribution is -0.139. The van der Waals surface area contributed by atoms with Gasteiger partial charge in [0.25, 0.3) is 0 Å². The average molecular weight is 187 g/mol. The van der Waals surface area contributed by atoms with Crippen LogP contribution in [-0.4, -0.2) is 22.7 Å². The third kappa shape index (κ3) is 2.27. The van der Waals surface area contributed by atoms with Gasteiger partial charge in [0.2, 0.25) is 0 Å². The summed E-state index contributed by atoms with van der Waals surface area (Å²) in [4.78, 5) is 20.8. The lowest BCUT2D eigenvalue weighted by Gasteiger charge is -2.15. The SMILES string of the molecule is O=CC(CC(=O)O)C1NC=CS1. The van der Waals surface area contributed by atoms with Gasteiger partial charge in [-0.15, -0.1) is 11.8 Å². The van der Waals surface area contributed by atoms with E-state index in [4.69, 9.17) is 5.11 Å². The standard InChI is InChI=1S/C7H9NO3S/c9-4-5(3-6(10)11)7-8-1-2-12-7/h1-2,4-5,7-8H,3H2,(H,10,11). The summed E-state index contributed by atoms with van der Waals surface area (Å²) < 4.78 is 0. The van der Waals surface area contributed by atoms with E-state index in [0.29, 0.717) is 6.29 Å². The smallest absolute Gasteiger partial charge is 0.304 e. The molecule has 0 aromatic heterocycles. The van der Waals surface area contributed by atoms with Gasteiger partial charge >= 0.3 is 5.97 Å². The number of hydrogen-bond donors (Lipinski definition) is 2. The molecule has 0 bridgehead atoms. The monoisotopic (exact) mass is 187 g/mol. The van der Waals surface area contributed by atoms with Crippen molar-refractivity contribution in [2.75, 3.05) is 0 Å². The third-order valence-electron chi connectivity index (χ3n) is 1.53. The summed E-state index contributed by atoms with van der Waals surface area (Å²) in [6.45, 7) is 0. The zero-order valence-corrected chi connectivity index (χ0v) is 7.08. The molecule has 2 unspecified atom stereocenters. The van der Waals surface area contributed by atoms with E-state index in [9.17, 15) is 9.59 Å². The number of carboxylic acids is 1. The maximum atomic E-state index is 10.5. The van der Waals surface area contributed by atoms with Gasteiger partial charge in [-0.25, -0.2) is 0 Å². The van der Waals surface area contributed by atoms with Crippen molar-refractivity contribution in [3.63, 3.8) is 0 Å². The number of aldehydes is 1. The molecule has 0 amide bonds. The molecule has 1 rings (SSSR count). The van der Waals surface area contributed by atoms with Crippen LogP contribution in [-0.2, 0) is 9.59 Å². The largest absolute Gasteiger partial charge is 0.481 e. The van der Waals surface area contributed by atoms with E-state index >= 15 is 0 Å². The molecule has 1 heterocycles. The van der Waals surface area contributed by atoms with Gasteiger partial charge in [-0.2, -0.15) is 0 Å². The van der Waals surface area contributed by atoms with Crippen LogP contribution in [0.25, 0.3) is 0 Å². The van der Waals surface area contributed by atoms with Crippen molar-refractivity contribution < 1.29 is 14.7 Å². The Morgan fingerprint density at radius 1 is 1.83 bits per heavy atom. The minimum absolute atomic E-state index is 0.112. The van der Waals surface area contributed by atoms with Crippen molar-refractivity contribution in [1.82, 2.24) is 5.32 Å². The third-order valence-corrected chi connectivity index (χ3v) is 2.60. The summed E-state index contributed by atoms with van der Waals surface area (Å²) in [5.74, 6) is -1.40. The number of nitrogens with one attached hydrogen (secondary N) is 1. The highest BCUT2D eigenvalue weighted by atomic mass is 32.2. The minimum atomic E-state index is -0.943. The van der Waals surface area contributed by atoms with E-state index in [1.165, 1.54) is 11.8 Å². The predicted octanol–water partition coefficient (Wildman–Crippen LogP) is 0.410. The number of thioether (sulfide) groups is 1. The highest BCUT2D eigenvalue weighted by Crippen LogP contribution is 2.23. The molecular weight excluding hydrogens is 178 g/mol. The van der Waals surface area contributed by atoms with Crippen LogP contribution in [0.1, 0.15) is 6.42 Å². The van der Waals surface area contributed by atoms with Crippen molar-refractivity contribution in [2.24, 2.45) is 5.92 Å². The number of hydrogen-bond acceptors (Lipinski definition) is 4. The molecular formula is C7H9NO3S. The second kappa shape index (κ2) is 4.15. The molecule has 0 saturated carbocycles. The molecule has 0 radical (unpaired) electrons. The summed E-state index contributed by atoms with van der Waals surface area (Å²) in [5, 5.41) is 13.1. The molecule has 1 aliphatic rings. The van der Waals surface area contributed by atoms with Crippen molar-refractivity contribution in [2.45, 2.75) is 11.8 Å². The van der Waals surface area contributed by atoms with Crippen molar-refractivity contribution in [1.29, 1.82) is 0 Å². The molecule has 0 aromatic carbocycles.